The van der Waals surface area contributed by atoms with Crippen LogP contribution in [0.5, 0.6) is 5.75 Å². The number of nitriles is 1. The molecule has 0 heterocycles. The van der Waals surface area contributed by atoms with Crippen LogP contribution in [-0.2, 0) is 0 Å². The Hall–Kier alpha value is -0.779. The second-order valence-corrected chi connectivity index (χ2v) is 4.23. The van der Waals surface area contributed by atoms with E-state index in [-0.39, 0.29) is 57.1 Å². The average molecular weight is 315 g/mol. The van der Waals surface area contributed by atoms with Gasteiger partial charge in [-0.15, -0.1) is 0 Å². The first-order valence-electron chi connectivity index (χ1n) is 5.92. The molecule has 0 spiro atoms. The Morgan fingerprint density at radius 2 is 1.38 bits per heavy atom. The molecule has 0 N–H and O–H groups in total. The Bertz CT molecular complexity index is 621. The Labute approximate surface area is 163 Å². The molecular weight excluding hydrogens is 305 g/mol. The number of ether oxygens (including phenoxy) is 1. The van der Waals surface area contributed by atoms with Gasteiger partial charge in [-0.1, -0.05) is 24.3 Å². The molecule has 0 unspecified atom stereocenters. The molecule has 0 atom stereocenters. The molecule has 0 saturated carbocycles. The molecule has 0 saturated heterocycles. The van der Waals surface area contributed by atoms with Crippen molar-refractivity contribution in [2.75, 3.05) is 6.51 Å². The van der Waals surface area contributed by atoms with E-state index in [1.807, 2.05) is 6.07 Å². The number of nitrogens with zero attached hydrogens (tertiary/aromatic N) is 1. The van der Waals surface area contributed by atoms with Gasteiger partial charge in [0.1, 0.15) is 5.75 Å². The van der Waals surface area contributed by atoms with E-state index >= 15 is 0 Å². The first kappa shape index (κ1) is 18.3. The summed E-state index contributed by atoms with van der Waals surface area (Å²) in [6.07, 6.45) is 0. The first-order chi connectivity index (χ1) is 9.48. The van der Waals surface area contributed by atoms with Crippen LogP contribution in [0.25, 0.3) is 11.1 Å². The third kappa shape index (κ3) is 5.85. The van der Waals surface area contributed by atoms with E-state index in [0.29, 0.717) is 5.56 Å². The van der Waals surface area contributed by atoms with Gasteiger partial charge in [0.05, 0.1) is 18.1 Å². The van der Waals surface area contributed by atoms with Crippen molar-refractivity contribution in [3.8, 4) is 22.9 Å². The van der Waals surface area contributed by atoms with Crippen LogP contribution in [0.1, 0.15) is 5.56 Å². The van der Waals surface area contributed by atoms with Gasteiger partial charge in [-0.2, -0.15) is 5.26 Å². The van der Waals surface area contributed by atoms with Gasteiger partial charge in [-0.3, -0.25) is 0 Å². The largest absolute Gasteiger partial charge is 1.00 e. The predicted octanol–water partition coefficient (Wildman–Crippen LogP) is 0.995. The summed E-state index contributed by atoms with van der Waals surface area (Å²) in [5.74, 6) is 0.182. The van der Waals surface area contributed by atoms with Gasteiger partial charge < -0.3 is 17.7 Å². The first-order valence-corrected chi connectivity index (χ1v) is 5.92. The molecular formula is C14H10BF3KNO. The van der Waals surface area contributed by atoms with E-state index in [1.165, 1.54) is 12.1 Å². The minimum absolute atomic E-state index is 0. The van der Waals surface area contributed by atoms with Gasteiger partial charge in [0.2, 0.25) is 0 Å². The van der Waals surface area contributed by atoms with Gasteiger partial charge in [-0.25, -0.2) is 0 Å². The standard InChI is InChI=1S/C14H10BF3NO.K/c16-15(17,18)10-20-14-7-5-13(6-8-14)12-3-1-11(9-19)2-4-12;/h1-8H,10H2;/q-1;+1. The number of halogens is 3. The maximum atomic E-state index is 12.1. The van der Waals surface area contributed by atoms with Crippen LogP contribution in [0.15, 0.2) is 48.5 Å². The summed E-state index contributed by atoms with van der Waals surface area (Å²) >= 11 is 0. The third-order valence-electron chi connectivity index (χ3n) is 2.64. The summed E-state index contributed by atoms with van der Waals surface area (Å²) in [6, 6.07) is 15.3. The van der Waals surface area contributed by atoms with Crippen molar-refractivity contribution in [3.05, 3.63) is 54.1 Å². The fourth-order valence-corrected chi connectivity index (χ4v) is 1.67. The molecule has 2 aromatic rings. The van der Waals surface area contributed by atoms with Crippen LogP contribution in [0.4, 0.5) is 12.9 Å². The molecule has 2 nitrogen and oxygen atoms in total. The summed E-state index contributed by atoms with van der Waals surface area (Å²) in [5.41, 5.74) is 2.29. The Kier molecular flexibility index (Phi) is 6.97. The van der Waals surface area contributed by atoms with E-state index in [4.69, 9.17) is 5.26 Å². The second kappa shape index (κ2) is 8.01. The molecule has 0 aliphatic carbocycles. The zero-order chi connectivity index (χ0) is 14.6. The van der Waals surface area contributed by atoms with Gasteiger partial charge >= 0.3 is 58.4 Å². The molecule has 0 fully saturated rings. The van der Waals surface area contributed by atoms with Crippen LogP contribution in [-0.4, -0.2) is 13.5 Å². The number of rotatable bonds is 4. The van der Waals surface area contributed by atoms with Gasteiger partial charge in [0.15, 0.2) is 0 Å². The van der Waals surface area contributed by atoms with Crippen molar-refractivity contribution in [1.82, 2.24) is 0 Å². The van der Waals surface area contributed by atoms with Crippen molar-refractivity contribution >= 4 is 6.98 Å². The van der Waals surface area contributed by atoms with E-state index < -0.39 is 13.5 Å². The SMILES string of the molecule is N#Cc1ccc(-c2ccc(OC[B-](F)(F)F)cc2)cc1.[K+]. The average Bonchev–Trinajstić information content (AvgIpc) is 2.45. The second-order valence-electron chi connectivity index (χ2n) is 4.23. The van der Waals surface area contributed by atoms with Crippen molar-refractivity contribution in [2.45, 2.75) is 0 Å². The quantitative estimate of drug-likeness (QED) is 0.789. The molecule has 0 aromatic heterocycles. The van der Waals surface area contributed by atoms with Crippen LogP contribution < -0.4 is 56.1 Å². The van der Waals surface area contributed by atoms with Gasteiger partial charge in [0, 0.05) is 0 Å². The summed E-state index contributed by atoms with van der Waals surface area (Å²) < 4.78 is 40.9. The number of benzene rings is 2. The Balaban J connectivity index is 0.00000220. The van der Waals surface area contributed by atoms with Crippen LogP contribution in [0, 0.1) is 11.3 Å². The molecule has 0 aliphatic rings. The van der Waals surface area contributed by atoms with Crippen LogP contribution >= 0.6 is 0 Å². The number of hydrogen-bond donors (Lipinski definition) is 0. The monoisotopic (exact) mass is 315 g/mol. The molecule has 2 aromatic carbocycles. The van der Waals surface area contributed by atoms with Crippen LogP contribution in [0.3, 0.4) is 0 Å². The minimum Gasteiger partial charge on any atom is -0.522 e. The Morgan fingerprint density at radius 3 is 1.81 bits per heavy atom. The van der Waals surface area contributed by atoms with Gasteiger partial charge in [-0.05, 0) is 35.4 Å². The molecule has 0 aliphatic heterocycles. The summed E-state index contributed by atoms with van der Waals surface area (Å²) in [7, 11) is 0. The number of hydrogen-bond acceptors (Lipinski definition) is 2. The normalized spacial score (nSPS) is 10.4. The van der Waals surface area contributed by atoms with E-state index in [2.05, 4.69) is 4.74 Å². The molecule has 0 amide bonds. The summed E-state index contributed by atoms with van der Waals surface area (Å²) in [5, 5.41) is 8.70. The topological polar surface area (TPSA) is 33.0 Å². The minimum atomic E-state index is -4.94. The maximum Gasteiger partial charge on any atom is 1.00 e. The predicted molar refractivity (Wildman–Crippen MR) is 71.2 cm³/mol. The van der Waals surface area contributed by atoms with Crippen molar-refractivity contribution in [3.63, 3.8) is 0 Å². The molecule has 102 valence electrons. The third-order valence-corrected chi connectivity index (χ3v) is 2.64. The summed E-state index contributed by atoms with van der Waals surface area (Å²) in [4.78, 5) is 0. The summed E-state index contributed by atoms with van der Waals surface area (Å²) in [6.45, 7) is -6.18. The smallest absolute Gasteiger partial charge is 0.522 e. The molecule has 2 rings (SSSR count). The van der Waals surface area contributed by atoms with Crippen molar-refractivity contribution in [1.29, 1.82) is 5.26 Å². The zero-order valence-corrected chi connectivity index (χ0v) is 14.5. The molecule has 0 bridgehead atoms. The van der Waals surface area contributed by atoms with Gasteiger partial charge in [0.25, 0.3) is 0 Å². The molecule has 21 heavy (non-hydrogen) atoms. The maximum absolute atomic E-state index is 12.1. The molecule has 7 heteroatoms. The van der Waals surface area contributed by atoms with E-state index in [0.717, 1.165) is 11.1 Å². The van der Waals surface area contributed by atoms with E-state index in [1.54, 1.807) is 36.4 Å². The Morgan fingerprint density at radius 1 is 0.905 bits per heavy atom. The van der Waals surface area contributed by atoms with Crippen molar-refractivity contribution in [2.24, 2.45) is 0 Å². The fraction of sp³-hybridized carbons (Fsp3) is 0.0714. The fourth-order valence-electron chi connectivity index (χ4n) is 1.67. The zero-order valence-electron chi connectivity index (χ0n) is 11.4. The van der Waals surface area contributed by atoms with Crippen LogP contribution in [0.2, 0.25) is 0 Å². The molecule has 0 radical (unpaired) electrons. The van der Waals surface area contributed by atoms with E-state index in [9.17, 15) is 12.9 Å². The van der Waals surface area contributed by atoms with Crippen molar-refractivity contribution < 1.29 is 69.1 Å².